The number of esters is 1. The molecule has 0 saturated heterocycles. The second-order valence-corrected chi connectivity index (χ2v) is 8.85. The lowest BCUT2D eigenvalue weighted by Gasteiger charge is -2.08. The first-order valence-electron chi connectivity index (χ1n) is 10.1. The van der Waals surface area contributed by atoms with Crippen LogP contribution in [0.3, 0.4) is 0 Å². The van der Waals surface area contributed by atoms with Crippen LogP contribution in [-0.4, -0.2) is 30.0 Å². The second kappa shape index (κ2) is 8.36. The van der Waals surface area contributed by atoms with Gasteiger partial charge in [0.1, 0.15) is 17.2 Å². The van der Waals surface area contributed by atoms with Gasteiger partial charge in [-0.1, -0.05) is 30.3 Å². The third-order valence-corrected chi connectivity index (χ3v) is 6.37. The third kappa shape index (κ3) is 4.26. The standard InChI is InChI=1S/C24H18N4O4S/c29-24(32-16-19-14-15-28(26-19)20-6-2-1-3-7-20)17-10-12-18(13-11-17)25-23-21-8-4-5-9-22(21)33(30,31)27-23/h1-15H,16H2,(H,25,27). The minimum Gasteiger partial charge on any atom is -0.456 e. The lowest BCUT2D eigenvalue weighted by molar-refractivity contribution is 0.0467. The number of benzene rings is 3. The molecule has 0 atom stereocenters. The van der Waals surface area contributed by atoms with Crippen molar-refractivity contribution in [3.8, 4) is 5.69 Å². The van der Waals surface area contributed by atoms with E-state index in [1.165, 1.54) is 6.07 Å². The van der Waals surface area contributed by atoms with E-state index >= 15 is 0 Å². The highest BCUT2D eigenvalue weighted by Gasteiger charge is 2.28. The molecule has 0 spiro atoms. The summed E-state index contributed by atoms with van der Waals surface area (Å²) in [6.45, 7) is 0.0458. The first kappa shape index (κ1) is 20.7. The lowest BCUT2D eigenvalue weighted by atomic mass is 10.1. The van der Waals surface area contributed by atoms with Crippen LogP contribution in [0.5, 0.6) is 0 Å². The zero-order valence-electron chi connectivity index (χ0n) is 17.3. The molecule has 0 saturated carbocycles. The van der Waals surface area contributed by atoms with Gasteiger partial charge in [0.2, 0.25) is 0 Å². The summed E-state index contributed by atoms with van der Waals surface area (Å²) in [6, 6.07) is 24.6. The predicted octanol–water partition coefficient (Wildman–Crippen LogP) is 3.79. The normalized spacial score (nSPS) is 13.8. The van der Waals surface area contributed by atoms with E-state index in [0.29, 0.717) is 22.5 Å². The molecule has 1 N–H and O–H groups in total. The smallest absolute Gasteiger partial charge is 0.338 e. The predicted molar refractivity (Wildman–Crippen MR) is 123 cm³/mol. The summed E-state index contributed by atoms with van der Waals surface area (Å²) in [4.78, 5) is 12.6. The number of nitrogens with one attached hydrogen (secondary N) is 1. The van der Waals surface area contributed by atoms with Gasteiger partial charge in [-0.3, -0.25) is 0 Å². The molecule has 1 aliphatic heterocycles. The molecule has 33 heavy (non-hydrogen) atoms. The number of carbonyl (C=O) groups excluding carboxylic acids is 1. The van der Waals surface area contributed by atoms with Crippen molar-refractivity contribution < 1.29 is 17.9 Å². The van der Waals surface area contributed by atoms with Gasteiger partial charge in [0.25, 0.3) is 10.0 Å². The van der Waals surface area contributed by atoms with E-state index in [9.17, 15) is 13.2 Å². The molecule has 0 unspecified atom stereocenters. The third-order valence-electron chi connectivity index (χ3n) is 5.03. The summed E-state index contributed by atoms with van der Waals surface area (Å²) in [5.74, 6) is -0.239. The second-order valence-electron chi connectivity index (χ2n) is 7.28. The molecule has 164 valence electrons. The average Bonchev–Trinajstić information content (AvgIpc) is 3.41. The zero-order chi connectivity index (χ0) is 22.8. The number of amidine groups is 1. The summed E-state index contributed by atoms with van der Waals surface area (Å²) >= 11 is 0. The number of hydrogen-bond donors (Lipinski definition) is 1. The van der Waals surface area contributed by atoms with Crippen LogP contribution in [0.4, 0.5) is 5.69 Å². The fourth-order valence-electron chi connectivity index (χ4n) is 3.41. The fourth-order valence-corrected chi connectivity index (χ4v) is 4.58. The maximum absolute atomic E-state index is 12.4. The Hall–Kier alpha value is -4.24. The van der Waals surface area contributed by atoms with Crippen LogP contribution in [0.15, 0.2) is 100 Å². The highest BCUT2D eigenvalue weighted by Crippen LogP contribution is 2.26. The Morgan fingerprint density at radius 2 is 1.64 bits per heavy atom. The first-order chi connectivity index (χ1) is 16.0. The van der Waals surface area contributed by atoms with Crippen LogP contribution >= 0.6 is 0 Å². The zero-order valence-corrected chi connectivity index (χ0v) is 18.1. The molecule has 9 heteroatoms. The number of rotatable bonds is 5. The van der Waals surface area contributed by atoms with E-state index < -0.39 is 16.0 Å². The number of ether oxygens (including phenoxy) is 1. The van der Waals surface area contributed by atoms with E-state index in [4.69, 9.17) is 4.74 Å². The molecule has 2 heterocycles. The van der Waals surface area contributed by atoms with Gasteiger partial charge in [0, 0.05) is 17.4 Å². The minimum absolute atomic E-state index is 0.0458. The first-order valence-corrected chi connectivity index (χ1v) is 11.5. The fraction of sp³-hybridized carbons (Fsp3) is 0.0417. The van der Waals surface area contributed by atoms with Crippen LogP contribution in [0.2, 0.25) is 0 Å². The molecule has 1 aromatic heterocycles. The van der Waals surface area contributed by atoms with Gasteiger partial charge in [0.05, 0.1) is 11.3 Å². The summed E-state index contributed by atoms with van der Waals surface area (Å²) in [5, 5.41) is 7.42. The monoisotopic (exact) mass is 458 g/mol. The van der Waals surface area contributed by atoms with E-state index in [2.05, 4.69) is 14.8 Å². The highest BCUT2D eigenvalue weighted by molar-refractivity contribution is 7.90. The molecule has 5 rings (SSSR count). The Morgan fingerprint density at radius 1 is 0.909 bits per heavy atom. The maximum Gasteiger partial charge on any atom is 0.338 e. The maximum atomic E-state index is 12.4. The van der Waals surface area contributed by atoms with Crippen molar-refractivity contribution in [2.45, 2.75) is 11.5 Å². The molecular weight excluding hydrogens is 440 g/mol. The number of carbonyl (C=O) groups is 1. The van der Waals surface area contributed by atoms with Gasteiger partial charge in [-0.05, 0) is 54.6 Å². The van der Waals surface area contributed by atoms with Crippen molar-refractivity contribution in [2.24, 2.45) is 4.40 Å². The summed E-state index contributed by atoms with van der Waals surface area (Å²) in [5.41, 5.74) is 3.02. The van der Waals surface area contributed by atoms with E-state index in [-0.39, 0.29) is 17.3 Å². The van der Waals surface area contributed by atoms with Gasteiger partial charge in [-0.15, -0.1) is 4.40 Å². The Kier molecular flexibility index (Phi) is 5.23. The van der Waals surface area contributed by atoms with Gasteiger partial charge in [-0.25, -0.2) is 9.48 Å². The number of para-hydroxylation sites is 1. The molecule has 0 radical (unpaired) electrons. The average molecular weight is 458 g/mol. The van der Waals surface area contributed by atoms with Crippen molar-refractivity contribution in [3.05, 3.63) is 108 Å². The van der Waals surface area contributed by atoms with Crippen molar-refractivity contribution in [3.63, 3.8) is 0 Å². The minimum atomic E-state index is -3.70. The molecular formula is C24H18N4O4S. The number of hydrogen-bond acceptors (Lipinski definition) is 6. The Morgan fingerprint density at radius 3 is 2.42 bits per heavy atom. The summed E-state index contributed by atoms with van der Waals surface area (Å²) < 4.78 is 35.2. The van der Waals surface area contributed by atoms with Crippen molar-refractivity contribution >= 4 is 27.5 Å². The Bertz CT molecular complexity index is 1460. The quantitative estimate of drug-likeness (QED) is 0.457. The molecule has 0 aliphatic carbocycles. The van der Waals surface area contributed by atoms with Gasteiger partial charge in [0.15, 0.2) is 5.84 Å². The van der Waals surface area contributed by atoms with Crippen LogP contribution < -0.4 is 5.32 Å². The molecule has 1 aliphatic rings. The molecule has 3 aromatic carbocycles. The van der Waals surface area contributed by atoms with Crippen LogP contribution in [0.25, 0.3) is 5.69 Å². The SMILES string of the molecule is O=C(OCc1ccn(-c2ccccc2)n1)c1ccc(NC2=NS(=O)(=O)c3ccccc32)cc1. The Labute approximate surface area is 190 Å². The van der Waals surface area contributed by atoms with Crippen LogP contribution in [0, 0.1) is 0 Å². The topological polar surface area (TPSA) is 103 Å². The van der Waals surface area contributed by atoms with Crippen molar-refractivity contribution in [2.75, 3.05) is 5.32 Å². The number of sulfonamides is 1. The lowest BCUT2D eigenvalue weighted by Crippen LogP contribution is -2.11. The van der Waals surface area contributed by atoms with Crippen molar-refractivity contribution in [1.82, 2.24) is 9.78 Å². The number of aromatic nitrogens is 2. The molecule has 0 amide bonds. The van der Waals surface area contributed by atoms with Gasteiger partial charge >= 0.3 is 5.97 Å². The van der Waals surface area contributed by atoms with Gasteiger partial charge < -0.3 is 10.1 Å². The molecule has 8 nitrogen and oxygen atoms in total. The van der Waals surface area contributed by atoms with E-state index in [1.54, 1.807) is 53.2 Å². The summed E-state index contributed by atoms with van der Waals surface area (Å²) in [6.07, 6.45) is 1.81. The molecule has 0 fully saturated rings. The highest BCUT2D eigenvalue weighted by atomic mass is 32.2. The van der Waals surface area contributed by atoms with Crippen molar-refractivity contribution in [1.29, 1.82) is 0 Å². The van der Waals surface area contributed by atoms with Gasteiger partial charge in [-0.2, -0.15) is 13.5 Å². The number of nitrogens with zero attached hydrogens (tertiary/aromatic N) is 3. The number of fused-ring (bicyclic) bond motifs is 1. The summed E-state index contributed by atoms with van der Waals surface area (Å²) in [7, 11) is -3.70. The Balaban J connectivity index is 1.22. The van der Waals surface area contributed by atoms with Crippen LogP contribution in [0.1, 0.15) is 21.6 Å². The molecule has 4 aromatic rings. The van der Waals surface area contributed by atoms with Crippen LogP contribution in [-0.2, 0) is 21.4 Å². The number of anilines is 1. The largest absolute Gasteiger partial charge is 0.456 e. The molecule has 0 bridgehead atoms. The van der Waals surface area contributed by atoms with E-state index in [0.717, 1.165) is 5.69 Å². The van der Waals surface area contributed by atoms with E-state index in [1.807, 2.05) is 36.5 Å².